The fourth-order valence-electron chi connectivity index (χ4n) is 5.33. The van der Waals surface area contributed by atoms with Gasteiger partial charge in [-0.25, -0.2) is 0 Å². The van der Waals surface area contributed by atoms with Gasteiger partial charge in [0.2, 0.25) is 0 Å². The van der Waals surface area contributed by atoms with Gasteiger partial charge >= 0.3 is 0 Å². The molecule has 2 unspecified atom stereocenters. The Hall–Kier alpha value is -2.27. The van der Waals surface area contributed by atoms with Gasteiger partial charge in [-0.1, -0.05) is 23.7 Å². The van der Waals surface area contributed by atoms with Gasteiger partial charge in [-0.3, -0.25) is 9.48 Å². The number of nitrogen functional groups attached to an aromatic ring is 1. The number of anilines is 2. The van der Waals surface area contributed by atoms with E-state index in [1.165, 1.54) is 12.8 Å². The van der Waals surface area contributed by atoms with Crippen LogP contribution in [0.3, 0.4) is 0 Å². The van der Waals surface area contributed by atoms with Crippen molar-refractivity contribution in [1.82, 2.24) is 9.78 Å². The number of carbonyl (C=O) groups is 1. The normalized spacial score (nSPS) is 25.8. The monoisotopic (exact) mass is 412 g/mol. The van der Waals surface area contributed by atoms with Crippen molar-refractivity contribution < 1.29 is 4.79 Å². The smallest absolute Gasteiger partial charge is 0.261 e. The fraction of sp³-hybridized carbons (Fsp3) is 0.478. The summed E-state index contributed by atoms with van der Waals surface area (Å²) in [7, 11) is 1.80. The lowest BCUT2D eigenvalue weighted by atomic mass is 9.92. The number of nitrogens with two attached hydrogens (primary N) is 1. The van der Waals surface area contributed by atoms with Crippen LogP contribution in [0, 0.1) is 24.7 Å². The number of hydrogen-bond acceptors (Lipinski definition) is 3. The highest BCUT2D eigenvalue weighted by Crippen LogP contribution is 2.53. The molecule has 1 aromatic carbocycles. The number of aromatic nitrogens is 2. The molecule has 1 aromatic heterocycles. The van der Waals surface area contributed by atoms with Crippen LogP contribution >= 0.6 is 11.6 Å². The van der Waals surface area contributed by atoms with E-state index in [0.29, 0.717) is 28.0 Å². The van der Waals surface area contributed by atoms with Crippen LogP contribution in [0.2, 0.25) is 5.02 Å². The molecule has 0 radical (unpaired) electrons. The Labute approximate surface area is 177 Å². The zero-order valence-corrected chi connectivity index (χ0v) is 17.9. The zero-order chi connectivity index (χ0) is 20.7. The van der Waals surface area contributed by atoms with Crippen LogP contribution in [0.25, 0.3) is 0 Å². The van der Waals surface area contributed by atoms with Gasteiger partial charge in [-0.15, -0.1) is 6.58 Å². The molecule has 3 N–H and O–H groups in total. The standard InChI is InChI=1S/C23H29ClN4O/c1-4-5-14-8-15-10-17(11-16(15)9-14)21-20(22(25)28(3)27-21)23(29)26-18-7-6-13(2)19(24)12-18/h4,6-7,12,14-17H,1,5,8-11,25H2,2-3H3,(H,26,29). The molecule has 2 saturated carbocycles. The fourth-order valence-corrected chi connectivity index (χ4v) is 5.51. The number of hydrogen-bond donors (Lipinski definition) is 2. The molecule has 6 heteroatoms. The van der Waals surface area contributed by atoms with E-state index in [1.807, 2.05) is 25.1 Å². The quantitative estimate of drug-likeness (QED) is 0.653. The minimum absolute atomic E-state index is 0.216. The minimum Gasteiger partial charge on any atom is -0.383 e. The van der Waals surface area contributed by atoms with Crippen LogP contribution in [-0.2, 0) is 7.05 Å². The van der Waals surface area contributed by atoms with Crippen molar-refractivity contribution in [2.45, 2.75) is 44.9 Å². The molecule has 0 bridgehead atoms. The molecule has 5 nitrogen and oxygen atoms in total. The van der Waals surface area contributed by atoms with E-state index in [0.717, 1.165) is 48.3 Å². The van der Waals surface area contributed by atoms with Crippen LogP contribution in [0.4, 0.5) is 11.5 Å². The van der Waals surface area contributed by atoms with Gasteiger partial charge in [0.15, 0.2) is 0 Å². The highest BCUT2D eigenvalue weighted by molar-refractivity contribution is 6.31. The Balaban J connectivity index is 1.54. The first-order chi connectivity index (χ1) is 13.9. The predicted octanol–water partition coefficient (Wildman–Crippen LogP) is 5.31. The third kappa shape index (κ3) is 3.80. The number of nitrogens with zero attached hydrogens (tertiary/aromatic N) is 2. The number of benzene rings is 1. The Kier molecular flexibility index (Phi) is 5.43. The molecule has 1 heterocycles. The molecule has 29 heavy (non-hydrogen) atoms. The third-order valence-corrected chi connectivity index (χ3v) is 7.18. The van der Waals surface area contributed by atoms with Crippen molar-refractivity contribution >= 4 is 29.0 Å². The third-order valence-electron chi connectivity index (χ3n) is 6.78. The topological polar surface area (TPSA) is 72.9 Å². The SMILES string of the molecule is C=CCC1CC2CC(c3nn(C)c(N)c3C(=O)Nc3ccc(C)c(Cl)c3)CC2C1. The number of halogens is 1. The lowest BCUT2D eigenvalue weighted by Crippen LogP contribution is -2.16. The molecule has 2 aliphatic carbocycles. The molecule has 154 valence electrons. The summed E-state index contributed by atoms with van der Waals surface area (Å²) < 4.78 is 1.63. The first-order valence-corrected chi connectivity index (χ1v) is 10.8. The summed E-state index contributed by atoms with van der Waals surface area (Å²) >= 11 is 6.20. The van der Waals surface area contributed by atoms with Crippen LogP contribution in [-0.4, -0.2) is 15.7 Å². The van der Waals surface area contributed by atoms with Gasteiger partial charge < -0.3 is 11.1 Å². The van der Waals surface area contributed by atoms with Gasteiger partial charge in [0.25, 0.3) is 5.91 Å². The van der Waals surface area contributed by atoms with Crippen molar-refractivity contribution in [3.8, 4) is 0 Å². The van der Waals surface area contributed by atoms with Crippen molar-refractivity contribution in [2.75, 3.05) is 11.1 Å². The Morgan fingerprint density at radius 2 is 2.03 bits per heavy atom. The average molecular weight is 413 g/mol. The van der Waals surface area contributed by atoms with Crippen LogP contribution in [0.15, 0.2) is 30.9 Å². The number of fused-ring (bicyclic) bond motifs is 1. The number of nitrogens with one attached hydrogen (secondary N) is 1. The van der Waals surface area contributed by atoms with Gasteiger partial charge in [0, 0.05) is 23.7 Å². The summed E-state index contributed by atoms with van der Waals surface area (Å²) in [6.07, 6.45) is 7.86. The van der Waals surface area contributed by atoms with Crippen LogP contribution in [0.1, 0.15) is 59.6 Å². The van der Waals surface area contributed by atoms with Crippen molar-refractivity contribution in [3.05, 3.63) is 52.7 Å². The maximum absolute atomic E-state index is 13.1. The largest absolute Gasteiger partial charge is 0.383 e. The zero-order valence-electron chi connectivity index (χ0n) is 17.1. The van der Waals surface area contributed by atoms with Gasteiger partial charge in [0.1, 0.15) is 11.4 Å². The minimum atomic E-state index is -0.216. The van der Waals surface area contributed by atoms with Crippen molar-refractivity contribution in [3.63, 3.8) is 0 Å². The number of carbonyl (C=O) groups excluding carboxylic acids is 1. The predicted molar refractivity (Wildman–Crippen MR) is 118 cm³/mol. The number of allylic oxidation sites excluding steroid dienone is 1. The number of aryl methyl sites for hydroxylation is 2. The van der Waals surface area contributed by atoms with E-state index in [-0.39, 0.29) is 5.91 Å². The van der Waals surface area contributed by atoms with E-state index in [4.69, 9.17) is 17.3 Å². The van der Waals surface area contributed by atoms with Crippen molar-refractivity contribution in [1.29, 1.82) is 0 Å². The van der Waals surface area contributed by atoms with Crippen LogP contribution < -0.4 is 11.1 Å². The number of amides is 1. The molecule has 0 aliphatic heterocycles. The first-order valence-electron chi connectivity index (χ1n) is 10.4. The van der Waals surface area contributed by atoms with E-state index >= 15 is 0 Å². The maximum atomic E-state index is 13.1. The maximum Gasteiger partial charge on any atom is 0.261 e. The molecule has 2 atom stereocenters. The average Bonchev–Trinajstić information content (AvgIpc) is 3.30. The Morgan fingerprint density at radius 3 is 2.66 bits per heavy atom. The summed E-state index contributed by atoms with van der Waals surface area (Å²) in [6.45, 7) is 5.82. The molecule has 0 saturated heterocycles. The first kappa shape index (κ1) is 20.0. The van der Waals surface area contributed by atoms with Gasteiger partial charge in [-0.2, -0.15) is 5.10 Å². The molecular weight excluding hydrogens is 384 g/mol. The highest BCUT2D eigenvalue weighted by atomic mass is 35.5. The van der Waals surface area contributed by atoms with Crippen LogP contribution in [0.5, 0.6) is 0 Å². The summed E-state index contributed by atoms with van der Waals surface area (Å²) in [5.41, 5.74) is 9.25. The second kappa shape index (κ2) is 7.86. The molecule has 4 rings (SSSR count). The lowest BCUT2D eigenvalue weighted by Gasteiger charge is -2.14. The van der Waals surface area contributed by atoms with E-state index < -0.39 is 0 Å². The summed E-state index contributed by atoms with van der Waals surface area (Å²) in [4.78, 5) is 13.1. The molecule has 0 spiro atoms. The van der Waals surface area contributed by atoms with Crippen molar-refractivity contribution in [2.24, 2.45) is 24.8 Å². The summed E-state index contributed by atoms with van der Waals surface area (Å²) in [5, 5.41) is 8.23. The Bertz CT molecular complexity index is 937. The van der Waals surface area contributed by atoms with E-state index in [2.05, 4.69) is 17.0 Å². The molecule has 1 amide bonds. The van der Waals surface area contributed by atoms with E-state index in [1.54, 1.807) is 17.8 Å². The molecule has 2 aromatic rings. The molecule has 2 aliphatic rings. The van der Waals surface area contributed by atoms with Gasteiger partial charge in [-0.05, 0) is 74.5 Å². The highest BCUT2D eigenvalue weighted by Gasteiger charge is 2.43. The van der Waals surface area contributed by atoms with Gasteiger partial charge in [0.05, 0.1) is 5.69 Å². The molecule has 2 fully saturated rings. The summed E-state index contributed by atoms with van der Waals surface area (Å²) in [5.74, 6) is 2.70. The second-order valence-electron chi connectivity index (χ2n) is 8.74. The molecular formula is C23H29ClN4O. The lowest BCUT2D eigenvalue weighted by molar-refractivity contribution is 0.102. The summed E-state index contributed by atoms with van der Waals surface area (Å²) in [6, 6.07) is 5.51. The second-order valence-corrected chi connectivity index (χ2v) is 9.14. The Morgan fingerprint density at radius 1 is 1.34 bits per heavy atom. The van der Waals surface area contributed by atoms with E-state index in [9.17, 15) is 4.79 Å². The number of rotatable bonds is 5.